The third-order valence-electron chi connectivity index (χ3n) is 4.37. The smallest absolute Gasteiger partial charge is 0.244 e. The molecule has 0 aliphatic rings. The van der Waals surface area contributed by atoms with E-state index >= 15 is 0 Å². The molecule has 2 rings (SSSR count). The molecule has 0 fully saturated rings. The van der Waals surface area contributed by atoms with Gasteiger partial charge in [-0.1, -0.05) is 36.8 Å². The molecule has 2 atom stereocenters. The van der Waals surface area contributed by atoms with E-state index in [1.54, 1.807) is 0 Å². The quantitative estimate of drug-likeness (QED) is 0.784. The number of hydrogen-bond acceptors (Lipinski definition) is 3. The Morgan fingerprint density at radius 2 is 1.67 bits per heavy atom. The van der Waals surface area contributed by atoms with E-state index in [2.05, 4.69) is 5.32 Å². The van der Waals surface area contributed by atoms with Crippen LogP contribution < -0.4 is 9.62 Å². The van der Waals surface area contributed by atoms with Crippen LogP contribution in [-0.2, 0) is 14.8 Å². The highest BCUT2D eigenvalue weighted by Gasteiger charge is 2.30. The Bertz CT molecular complexity index is 880. The van der Waals surface area contributed by atoms with Crippen LogP contribution in [-0.4, -0.2) is 26.6 Å². The second-order valence-corrected chi connectivity index (χ2v) is 8.45. The Morgan fingerprint density at radius 1 is 1.11 bits per heavy atom. The van der Waals surface area contributed by atoms with Crippen molar-refractivity contribution in [3.05, 3.63) is 65.5 Å². The van der Waals surface area contributed by atoms with Crippen molar-refractivity contribution in [3.8, 4) is 0 Å². The summed E-state index contributed by atoms with van der Waals surface area (Å²) in [6.45, 7) is 5.45. The average Bonchev–Trinajstić information content (AvgIpc) is 2.61. The van der Waals surface area contributed by atoms with Crippen molar-refractivity contribution in [1.29, 1.82) is 0 Å². The molecule has 27 heavy (non-hydrogen) atoms. The van der Waals surface area contributed by atoms with Crippen LogP contribution in [0.25, 0.3) is 0 Å². The number of rotatable bonds is 7. The zero-order chi connectivity index (χ0) is 20.2. The summed E-state index contributed by atoms with van der Waals surface area (Å²) in [6.07, 6.45) is 1.69. The first-order chi connectivity index (χ1) is 12.6. The number of anilines is 1. The average molecular weight is 392 g/mol. The molecule has 0 radical (unpaired) electrons. The van der Waals surface area contributed by atoms with Crippen LogP contribution in [0.1, 0.15) is 37.4 Å². The molecule has 0 saturated heterocycles. The summed E-state index contributed by atoms with van der Waals surface area (Å²) in [5, 5.41) is 2.92. The van der Waals surface area contributed by atoms with Gasteiger partial charge < -0.3 is 5.32 Å². The van der Waals surface area contributed by atoms with E-state index in [-0.39, 0.29) is 11.7 Å². The molecule has 0 bridgehead atoms. The predicted octanol–water partition coefficient (Wildman–Crippen LogP) is 3.56. The standard InChI is InChI=1S/C20H25FN2O3S/c1-5-19(16-8-6-14(2)7-9-16)22-20(24)15(3)23(27(4,25)26)18-12-10-17(21)11-13-18/h6-13,15,19H,5H2,1-4H3,(H,22,24)/t15-,19+/m1/s1. The van der Waals surface area contributed by atoms with Gasteiger partial charge in [0, 0.05) is 0 Å². The van der Waals surface area contributed by atoms with Crippen molar-refractivity contribution in [2.45, 2.75) is 39.3 Å². The highest BCUT2D eigenvalue weighted by molar-refractivity contribution is 7.92. The van der Waals surface area contributed by atoms with E-state index in [9.17, 15) is 17.6 Å². The van der Waals surface area contributed by atoms with E-state index in [4.69, 9.17) is 0 Å². The van der Waals surface area contributed by atoms with E-state index < -0.39 is 27.8 Å². The van der Waals surface area contributed by atoms with Gasteiger partial charge in [0.1, 0.15) is 11.9 Å². The largest absolute Gasteiger partial charge is 0.347 e. The third kappa shape index (κ3) is 5.29. The molecule has 0 heterocycles. The van der Waals surface area contributed by atoms with Gasteiger partial charge in [0.2, 0.25) is 15.9 Å². The van der Waals surface area contributed by atoms with Gasteiger partial charge in [0.05, 0.1) is 18.0 Å². The monoisotopic (exact) mass is 392 g/mol. The fraction of sp³-hybridized carbons (Fsp3) is 0.350. The highest BCUT2D eigenvalue weighted by Crippen LogP contribution is 2.23. The second-order valence-electron chi connectivity index (χ2n) is 6.59. The van der Waals surface area contributed by atoms with Gasteiger partial charge in [0.25, 0.3) is 0 Å². The van der Waals surface area contributed by atoms with Crippen molar-refractivity contribution in [2.75, 3.05) is 10.6 Å². The molecule has 0 aromatic heterocycles. The molecule has 5 nitrogen and oxygen atoms in total. The number of amides is 1. The van der Waals surface area contributed by atoms with Gasteiger partial charge in [-0.05, 0) is 50.1 Å². The van der Waals surface area contributed by atoms with Gasteiger partial charge in [-0.15, -0.1) is 0 Å². The summed E-state index contributed by atoms with van der Waals surface area (Å²) in [5.74, 6) is -0.896. The van der Waals surface area contributed by atoms with Gasteiger partial charge in [-0.25, -0.2) is 12.8 Å². The zero-order valence-corrected chi connectivity index (χ0v) is 16.8. The van der Waals surface area contributed by atoms with Crippen LogP contribution >= 0.6 is 0 Å². The van der Waals surface area contributed by atoms with Crippen molar-refractivity contribution in [3.63, 3.8) is 0 Å². The van der Waals surface area contributed by atoms with Crippen molar-refractivity contribution in [2.24, 2.45) is 0 Å². The van der Waals surface area contributed by atoms with Gasteiger partial charge in [-0.3, -0.25) is 9.10 Å². The molecule has 2 aromatic rings. The van der Waals surface area contributed by atoms with Crippen molar-refractivity contribution < 1.29 is 17.6 Å². The lowest BCUT2D eigenvalue weighted by Gasteiger charge is -2.29. The van der Waals surface area contributed by atoms with Crippen molar-refractivity contribution in [1.82, 2.24) is 5.32 Å². The minimum absolute atomic E-state index is 0.227. The van der Waals surface area contributed by atoms with Crippen LogP contribution in [0.3, 0.4) is 0 Å². The molecule has 0 aliphatic carbocycles. The van der Waals surface area contributed by atoms with Crippen LogP contribution in [0.2, 0.25) is 0 Å². The number of carbonyl (C=O) groups is 1. The fourth-order valence-electron chi connectivity index (χ4n) is 2.91. The molecule has 7 heteroatoms. The summed E-state index contributed by atoms with van der Waals surface area (Å²) < 4.78 is 38.8. The maximum atomic E-state index is 13.2. The first-order valence-corrected chi connectivity index (χ1v) is 10.6. The van der Waals surface area contributed by atoms with Gasteiger partial charge in [-0.2, -0.15) is 0 Å². The molecule has 1 N–H and O–H groups in total. The summed E-state index contributed by atoms with van der Waals surface area (Å²) in [5.41, 5.74) is 2.31. The second kappa shape index (κ2) is 8.52. The number of benzene rings is 2. The molecule has 2 aromatic carbocycles. The van der Waals surface area contributed by atoms with E-state index in [1.807, 2.05) is 38.1 Å². The minimum atomic E-state index is -3.74. The molecular formula is C20H25FN2O3S. The third-order valence-corrected chi connectivity index (χ3v) is 5.62. The fourth-order valence-corrected chi connectivity index (χ4v) is 4.08. The maximum absolute atomic E-state index is 13.2. The number of halogens is 1. The number of nitrogens with zero attached hydrogens (tertiary/aromatic N) is 1. The molecule has 0 spiro atoms. The lowest BCUT2D eigenvalue weighted by Crippen LogP contribution is -2.48. The summed E-state index contributed by atoms with van der Waals surface area (Å²) >= 11 is 0. The SMILES string of the molecule is CC[C@H](NC(=O)[C@@H](C)N(c1ccc(F)cc1)S(C)(=O)=O)c1ccc(C)cc1. The van der Waals surface area contributed by atoms with E-state index in [1.165, 1.54) is 31.2 Å². The van der Waals surface area contributed by atoms with Gasteiger partial charge >= 0.3 is 0 Å². The van der Waals surface area contributed by atoms with Crippen LogP contribution in [0.15, 0.2) is 48.5 Å². The molecule has 1 amide bonds. The Labute approximate surface area is 160 Å². The maximum Gasteiger partial charge on any atom is 0.244 e. The summed E-state index contributed by atoms with van der Waals surface area (Å²) in [7, 11) is -3.74. The summed E-state index contributed by atoms with van der Waals surface area (Å²) in [6, 6.07) is 11.6. The Kier molecular flexibility index (Phi) is 6.59. The van der Waals surface area contributed by atoms with Gasteiger partial charge in [0.15, 0.2) is 0 Å². The highest BCUT2D eigenvalue weighted by atomic mass is 32.2. The topological polar surface area (TPSA) is 66.5 Å². The minimum Gasteiger partial charge on any atom is -0.347 e. The normalized spacial score (nSPS) is 13.7. The van der Waals surface area contributed by atoms with Crippen LogP contribution in [0.5, 0.6) is 0 Å². The zero-order valence-electron chi connectivity index (χ0n) is 15.9. The molecule has 146 valence electrons. The number of nitrogens with one attached hydrogen (secondary N) is 1. The number of aryl methyl sites for hydroxylation is 1. The van der Waals surface area contributed by atoms with Crippen LogP contribution in [0.4, 0.5) is 10.1 Å². The molecule has 0 unspecified atom stereocenters. The Hall–Kier alpha value is -2.41. The predicted molar refractivity (Wildman–Crippen MR) is 106 cm³/mol. The molecule has 0 aliphatic heterocycles. The lowest BCUT2D eigenvalue weighted by atomic mass is 10.0. The first-order valence-electron chi connectivity index (χ1n) is 8.75. The van der Waals surface area contributed by atoms with Crippen LogP contribution in [0, 0.1) is 12.7 Å². The first kappa shape index (κ1) is 20.9. The molecule has 0 saturated carbocycles. The van der Waals surface area contributed by atoms with E-state index in [0.29, 0.717) is 6.42 Å². The van der Waals surface area contributed by atoms with Crippen molar-refractivity contribution >= 4 is 21.6 Å². The molecular weight excluding hydrogens is 367 g/mol. The van der Waals surface area contributed by atoms with E-state index in [0.717, 1.165) is 21.7 Å². The Morgan fingerprint density at radius 3 is 2.15 bits per heavy atom. The summed E-state index contributed by atoms with van der Waals surface area (Å²) in [4.78, 5) is 12.8. The number of carbonyl (C=O) groups excluding carboxylic acids is 1. The number of hydrogen-bond donors (Lipinski definition) is 1. The number of sulfonamides is 1. The lowest BCUT2D eigenvalue weighted by molar-refractivity contribution is -0.122. The Balaban J connectivity index is 2.26.